The van der Waals surface area contributed by atoms with Gasteiger partial charge in [-0.1, -0.05) is 6.58 Å². The van der Waals surface area contributed by atoms with Crippen LogP contribution in [0.25, 0.3) is 0 Å². The average molecular weight is 171 g/mol. The van der Waals surface area contributed by atoms with E-state index in [2.05, 4.69) is 6.58 Å². The van der Waals surface area contributed by atoms with E-state index in [4.69, 9.17) is 4.74 Å². The van der Waals surface area contributed by atoms with Crippen LogP contribution in [0.4, 0.5) is 0 Å². The van der Waals surface area contributed by atoms with Gasteiger partial charge in [-0.3, -0.25) is 0 Å². The van der Waals surface area contributed by atoms with Gasteiger partial charge in [-0.25, -0.2) is 0 Å². The predicted octanol–water partition coefficient (Wildman–Crippen LogP) is 0.499. The van der Waals surface area contributed by atoms with Crippen LogP contribution in [0, 0.1) is 0 Å². The lowest BCUT2D eigenvalue weighted by atomic mass is 10.2. The summed E-state index contributed by atoms with van der Waals surface area (Å²) in [6.45, 7) is 6.48. The van der Waals surface area contributed by atoms with Crippen LogP contribution < -0.4 is 5.11 Å². The van der Waals surface area contributed by atoms with Crippen LogP contribution in [0.1, 0.15) is 26.2 Å². The van der Waals surface area contributed by atoms with Crippen molar-refractivity contribution in [3.8, 4) is 0 Å². The fourth-order valence-corrected chi connectivity index (χ4v) is 0.687. The van der Waals surface area contributed by atoms with Crippen LogP contribution in [-0.4, -0.2) is 19.2 Å². The number of carbonyl (C=O) groups is 1. The molecule has 3 nitrogen and oxygen atoms in total. The number of hydrogen-bond acceptors (Lipinski definition) is 3. The van der Waals surface area contributed by atoms with Crippen LogP contribution in [0.2, 0.25) is 0 Å². The zero-order valence-electron chi connectivity index (χ0n) is 7.47. The van der Waals surface area contributed by atoms with Gasteiger partial charge >= 0.3 is 0 Å². The number of aliphatic carboxylic acids is 1. The first-order valence-corrected chi connectivity index (χ1v) is 4.09. The molecule has 0 amide bonds. The summed E-state index contributed by atoms with van der Waals surface area (Å²) in [6, 6.07) is 0. The van der Waals surface area contributed by atoms with E-state index in [9.17, 15) is 9.90 Å². The van der Waals surface area contributed by atoms with Gasteiger partial charge in [0.15, 0.2) is 0 Å². The lowest BCUT2D eigenvalue weighted by Crippen LogP contribution is -2.22. The molecule has 12 heavy (non-hydrogen) atoms. The Hall–Kier alpha value is -0.830. The van der Waals surface area contributed by atoms with Gasteiger partial charge in [-0.2, -0.15) is 0 Å². The summed E-state index contributed by atoms with van der Waals surface area (Å²) in [6.07, 6.45) is 3.93. The van der Waals surface area contributed by atoms with Crippen LogP contribution in [0.15, 0.2) is 12.2 Å². The van der Waals surface area contributed by atoms with Gasteiger partial charge in [0, 0.05) is 13.2 Å². The van der Waals surface area contributed by atoms with Gasteiger partial charge in [0.2, 0.25) is 0 Å². The zero-order chi connectivity index (χ0) is 9.40. The smallest absolute Gasteiger partial charge is 0.0666 e. The molecular weight excluding hydrogens is 156 g/mol. The molecule has 0 aromatic rings. The maximum atomic E-state index is 9.49. The summed E-state index contributed by atoms with van der Waals surface area (Å²) in [5.41, 5.74) is 0.0648. The Bertz CT molecular complexity index is 124. The molecule has 1 fully saturated rings. The molecule has 0 N–H and O–H groups in total. The van der Waals surface area contributed by atoms with Crippen molar-refractivity contribution in [1.82, 2.24) is 0 Å². The molecule has 0 unspecified atom stereocenters. The van der Waals surface area contributed by atoms with Crippen LogP contribution >= 0.6 is 0 Å². The second-order valence-corrected chi connectivity index (χ2v) is 2.74. The van der Waals surface area contributed by atoms with E-state index in [-0.39, 0.29) is 5.57 Å². The van der Waals surface area contributed by atoms with Gasteiger partial charge in [-0.15, -0.1) is 0 Å². The second-order valence-electron chi connectivity index (χ2n) is 2.74. The van der Waals surface area contributed by atoms with E-state index >= 15 is 0 Å². The minimum atomic E-state index is -1.19. The summed E-state index contributed by atoms with van der Waals surface area (Å²) in [5.74, 6) is -1.19. The first-order chi connectivity index (χ1) is 5.64. The average Bonchev–Trinajstić information content (AvgIpc) is 2.08. The molecule has 1 rings (SSSR count). The van der Waals surface area contributed by atoms with Gasteiger partial charge in [0.25, 0.3) is 0 Å². The van der Waals surface area contributed by atoms with Crippen LogP contribution in [-0.2, 0) is 9.53 Å². The van der Waals surface area contributed by atoms with E-state index in [0.717, 1.165) is 13.2 Å². The molecule has 0 aliphatic carbocycles. The quantitative estimate of drug-likeness (QED) is 0.540. The number of carboxylic acid groups (broad SMARTS) is 1. The highest BCUT2D eigenvalue weighted by molar-refractivity contribution is 5.82. The summed E-state index contributed by atoms with van der Waals surface area (Å²) in [4.78, 5) is 9.49. The van der Waals surface area contributed by atoms with Crippen molar-refractivity contribution in [2.45, 2.75) is 26.2 Å². The van der Waals surface area contributed by atoms with Crippen molar-refractivity contribution in [1.29, 1.82) is 0 Å². The molecule has 1 aliphatic heterocycles. The molecule has 1 saturated heterocycles. The molecule has 0 radical (unpaired) electrons. The summed E-state index contributed by atoms with van der Waals surface area (Å²) >= 11 is 0. The summed E-state index contributed by atoms with van der Waals surface area (Å²) in [5, 5.41) is 9.49. The number of ether oxygens (including phenoxy) is 1. The van der Waals surface area contributed by atoms with Crippen LogP contribution in [0.5, 0.6) is 0 Å². The normalized spacial score (nSPS) is 15.8. The van der Waals surface area contributed by atoms with Gasteiger partial charge in [-0.05, 0) is 31.8 Å². The summed E-state index contributed by atoms with van der Waals surface area (Å²) < 4.78 is 5.07. The third kappa shape index (κ3) is 7.28. The SMILES string of the molecule is C1CCOCC1.C=C(C)C(=O)[O-]. The molecule has 3 heteroatoms. The fraction of sp³-hybridized carbons (Fsp3) is 0.667. The highest BCUT2D eigenvalue weighted by atomic mass is 16.5. The molecule has 1 aliphatic rings. The number of hydrogen-bond donors (Lipinski definition) is 0. The molecule has 0 spiro atoms. The first-order valence-electron chi connectivity index (χ1n) is 4.09. The number of carboxylic acids is 1. The van der Waals surface area contributed by atoms with Gasteiger partial charge in [0.1, 0.15) is 0 Å². The molecule has 70 valence electrons. The fourth-order valence-electron chi connectivity index (χ4n) is 0.687. The van der Waals surface area contributed by atoms with E-state index in [0.29, 0.717) is 0 Å². The third-order valence-electron chi connectivity index (χ3n) is 1.43. The highest BCUT2D eigenvalue weighted by Crippen LogP contribution is 2.02. The second kappa shape index (κ2) is 6.85. The first kappa shape index (κ1) is 11.2. The molecule has 0 saturated carbocycles. The van der Waals surface area contributed by atoms with E-state index < -0.39 is 5.97 Å². The molecular formula is C9H15O3-. The Labute approximate surface area is 73.0 Å². The number of rotatable bonds is 1. The van der Waals surface area contributed by atoms with E-state index in [1.54, 1.807) is 0 Å². The maximum Gasteiger partial charge on any atom is 0.0666 e. The lowest BCUT2D eigenvalue weighted by molar-refractivity contribution is -0.299. The van der Waals surface area contributed by atoms with Crippen molar-refractivity contribution in [2.75, 3.05) is 13.2 Å². The largest absolute Gasteiger partial charge is 0.545 e. The van der Waals surface area contributed by atoms with Crippen molar-refractivity contribution in [3.05, 3.63) is 12.2 Å². The Morgan fingerprint density at radius 2 is 1.75 bits per heavy atom. The Balaban J connectivity index is 0.000000202. The Morgan fingerprint density at radius 1 is 1.33 bits per heavy atom. The van der Waals surface area contributed by atoms with Gasteiger partial charge < -0.3 is 14.6 Å². The van der Waals surface area contributed by atoms with Crippen molar-refractivity contribution < 1.29 is 14.6 Å². The van der Waals surface area contributed by atoms with Crippen molar-refractivity contribution >= 4 is 5.97 Å². The van der Waals surface area contributed by atoms with Crippen molar-refractivity contribution in [2.24, 2.45) is 0 Å². The van der Waals surface area contributed by atoms with E-state index in [1.165, 1.54) is 26.2 Å². The molecule has 1 heterocycles. The molecule has 0 atom stereocenters. The topological polar surface area (TPSA) is 49.4 Å². The van der Waals surface area contributed by atoms with Crippen molar-refractivity contribution in [3.63, 3.8) is 0 Å². The molecule has 0 aromatic carbocycles. The summed E-state index contributed by atoms with van der Waals surface area (Å²) in [7, 11) is 0. The molecule has 0 aromatic heterocycles. The maximum absolute atomic E-state index is 9.49. The van der Waals surface area contributed by atoms with E-state index in [1.807, 2.05) is 0 Å². The highest BCUT2D eigenvalue weighted by Gasteiger charge is 1.94. The minimum absolute atomic E-state index is 0.0648. The molecule has 0 bridgehead atoms. The Kier molecular flexibility index (Phi) is 6.38. The Morgan fingerprint density at radius 3 is 1.83 bits per heavy atom. The predicted molar refractivity (Wildman–Crippen MR) is 44.5 cm³/mol. The monoisotopic (exact) mass is 171 g/mol. The van der Waals surface area contributed by atoms with Gasteiger partial charge in [0.05, 0.1) is 5.97 Å². The van der Waals surface area contributed by atoms with Crippen LogP contribution in [0.3, 0.4) is 0 Å². The third-order valence-corrected chi connectivity index (χ3v) is 1.43. The lowest BCUT2D eigenvalue weighted by Gasteiger charge is -2.08. The minimum Gasteiger partial charge on any atom is -0.545 e. The standard InChI is InChI=1S/C5H10O.C4H6O2/c1-2-4-6-5-3-1;1-3(2)4(5)6/h1-5H2;1H2,2H3,(H,5,6)/p-1. The number of carbonyl (C=O) groups excluding carboxylic acids is 1. The zero-order valence-corrected chi connectivity index (χ0v) is 7.47.